The number of rotatable bonds is 7. The summed E-state index contributed by atoms with van der Waals surface area (Å²) in [5, 5.41) is 86.4. The molecule has 280 valence electrons. The van der Waals surface area contributed by atoms with Crippen molar-refractivity contribution in [1.82, 2.24) is 0 Å². The number of ether oxygens (including phenoxy) is 2. The van der Waals surface area contributed by atoms with Gasteiger partial charge in [0.05, 0.1) is 36.9 Å². The topological polar surface area (TPSA) is 197 Å². The zero-order chi connectivity index (χ0) is 36.1. The number of fused-ring (bicyclic) bond motifs is 7. The van der Waals surface area contributed by atoms with Crippen molar-refractivity contribution in [3.05, 3.63) is 11.6 Å². The van der Waals surface area contributed by atoms with E-state index >= 15 is 0 Å². The fraction of sp³-hybridized carbons (Fsp3) is 0.921. The lowest BCUT2D eigenvalue weighted by molar-refractivity contribution is -0.336. The molecule has 49 heavy (non-hydrogen) atoms. The average molecular weight is 695 g/mol. The van der Waals surface area contributed by atoms with Crippen molar-refractivity contribution in [3.63, 3.8) is 0 Å². The first kappa shape index (κ1) is 37.6. The van der Waals surface area contributed by atoms with Gasteiger partial charge < -0.3 is 50.3 Å². The summed E-state index contributed by atoms with van der Waals surface area (Å²) in [5.41, 5.74) is -2.28. The van der Waals surface area contributed by atoms with Crippen molar-refractivity contribution in [2.24, 2.45) is 56.2 Å². The normalized spacial score (nSPS) is 54.8. The third-order valence-corrected chi connectivity index (χ3v) is 16.3. The third kappa shape index (κ3) is 5.03. The second kappa shape index (κ2) is 12.5. The first-order valence-corrected chi connectivity index (χ1v) is 18.7. The number of carboxylic acids is 1. The maximum Gasteiger partial charge on any atom is 0.310 e. The van der Waals surface area contributed by atoms with Crippen LogP contribution in [0.15, 0.2) is 11.6 Å². The molecule has 0 spiro atoms. The van der Waals surface area contributed by atoms with E-state index in [2.05, 4.69) is 40.7 Å². The molecule has 5 fully saturated rings. The minimum atomic E-state index is -1.57. The van der Waals surface area contributed by atoms with E-state index in [1.165, 1.54) is 5.57 Å². The van der Waals surface area contributed by atoms with Crippen LogP contribution in [-0.4, -0.2) is 110 Å². The summed E-state index contributed by atoms with van der Waals surface area (Å²) in [6.45, 7) is 12.2. The van der Waals surface area contributed by atoms with Crippen molar-refractivity contribution in [3.8, 4) is 0 Å². The number of aliphatic carboxylic acids is 1. The Balaban J connectivity index is 1.42. The molecule has 1 saturated heterocycles. The quantitative estimate of drug-likeness (QED) is 0.144. The van der Waals surface area contributed by atoms with Gasteiger partial charge in [-0.15, -0.1) is 0 Å². The summed E-state index contributed by atoms with van der Waals surface area (Å²) in [6, 6.07) is 0. The predicted octanol–water partition coefficient (Wildman–Crippen LogP) is 2.61. The molecule has 11 heteroatoms. The Hall–Kier alpha value is -1.15. The van der Waals surface area contributed by atoms with Gasteiger partial charge in [-0.1, -0.05) is 59.6 Å². The highest BCUT2D eigenvalue weighted by Gasteiger charge is 2.73. The summed E-state index contributed by atoms with van der Waals surface area (Å²) in [7, 11) is 0. The summed E-state index contributed by atoms with van der Waals surface area (Å²) < 4.78 is 11.9. The molecular weight excluding hydrogens is 632 g/mol. The Bertz CT molecular complexity index is 1310. The zero-order valence-electron chi connectivity index (χ0n) is 30.2. The Kier molecular flexibility index (Phi) is 9.57. The van der Waals surface area contributed by atoms with Crippen molar-refractivity contribution < 1.29 is 55.1 Å². The summed E-state index contributed by atoms with van der Waals surface area (Å²) in [4.78, 5) is 13.3. The standard InChI is InChI=1S/C38H62O11/c1-7-20-14-38(32(46)47)13-12-33(2,19-40)15-22(38)21-8-9-25-34(3)16-23(41)30(49-31-29(45)28(44)24(42)18-48-31)36(5,27(43)17-39)26(34)10-11-35(25,4)37(20,21)6/h8,20,22-31,39-45H,7,9-19H2,1-6H3,(H,46,47). The van der Waals surface area contributed by atoms with Gasteiger partial charge in [0.25, 0.3) is 0 Å². The van der Waals surface area contributed by atoms with Crippen LogP contribution >= 0.6 is 0 Å². The van der Waals surface area contributed by atoms with E-state index < -0.39 is 71.7 Å². The molecule has 6 rings (SSSR count). The van der Waals surface area contributed by atoms with Gasteiger partial charge in [-0.3, -0.25) is 4.79 Å². The molecule has 0 amide bonds. The van der Waals surface area contributed by atoms with Crippen LogP contribution in [0.1, 0.15) is 99.3 Å². The molecule has 0 aromatic heterocycles. The lowest BCUT2D eigenvalue weighted by Gasteiger charge is -2.73. The second-order valence-corrected chi connectivity index (χ2v) is 18.3. The highest BCUT2D eigenvalue weighted by Crippen LogP contribution is 2.77. The fourth-order valence-electron chi connectivity index (χ4n) is 13.3. The molecule has 1 aliphatic heterocycles. The summed E-state index contributed by atoms with van der Waals surface area (Å²) in [5.74, 6) is -0.952. The van der Waals surface area contributed by atoms with E-state index in [4.69, 9.17) is 9.47 Å². The van der Waals surface area contributed by atoms with E-state index in [0.717, 1.165) is 12.8 Å². The maximum atomic E-state index is 13.3. The molecule has 8 N–H and O–H groups in total. The molecule has 11 nitrogen and oxygen atoms in total. The van der Waals surface area contributed by atoms with E-state index in [0.29, 0.717) is 44.9 Å². The van der Waals surface area contributed by atoms with Crippen LogP contribution < -0.4 is 0 Å². The summed E-state index contributed by atoms with van der Waals surface area (Å²) >= 11 is 0. The fourth-order valence-corrected chi connectivity index (χ4v) is 13.3. The van der Waals surface area contributed by atoms with Gasteiger partial charge in [-0.2, -0.15) is 0 Å². The van der Waals surface area contributed by atoms with E-state index in [-0.39, 0.29) is 53.1 Å². The molecule has 0 radical (unpaired) electrons. The number of aliphatic hydroxyl groups is 7. The number of carbonyl (C=O) groups is 1. The Morgan fingerprint density at radius 1 is 0.959 bits per heavy atom. The molecule has 4 saturated carbocycles. The first-order chi connectivity index (χ1) is 22.8. The summed E-state index contributed by atoms with van der Waals surface area (Å²) in [6.07, 6.45) is -1.04. The van der Waals surface area contributed by atoms with Gasteiger partial charge in [0, 0.05) is 12.0 Å². The zero-order valence-corrected chi connectivity index (χ0v) is 30.2. The SMILES string of the molecule is CCC1CC2(C(=O)O)CCC(C)(CO)CC2C2=CCC3C4(C)CC(O)C(OC5OCC(O)C(O)C5O)C(C)(C(O)CO)C4CCC3(C)C21C. The minimum Gasteiger partial charge on any atom is -0.481 e. The molecule has 0 aromatic carbocycles. The molecular formula is C38H62O11. The van der Waals surface area contributed by atoms with E-state index in [9.17, 15) is 45.6 Å². The van der Waals surface area contributed by atoms with Crippen LogP contribution in [0.5, 0.6) is 0 Å². The number of carboxylic acid groups (broad SMARTS) is 1. The van der Waals surface area contributed by atoms with Gasteiger partial charge in [0.1, 0.15) is 18.3 Å². The van der Waals surface area contributed by atoms with Crippen molar-refractivity contribution in [1.29, 1.82) is 0 Å². The van der Waals surface area contributed by atoms with Crippen molar-refractivity contribution in [2.75, 3.05) is 19.8 Å². The van der Waals surface area contributed by atoms with Gasteiger partial charge in [0.2, 0.25) is 0 Å². The van der Waals surface area contributed by atoms with Gasteiger partial charge >= 0.3 is 5.97 Å². The lowest BCUT2D eigenvalue weighted by atomic mass is 9.31. The maximum absolute atomic E-state index is 13.3. The lowest BCUT2D eigenvalue weighted by Crippen LogP contribution is -2.71. The molecule has 0 aromatic rings. The predicted molar refractivity (Wildman–Crippen MR) is 179 cm³/mol. The number of allylic oxidation sites excluding steroid dienone is 2. The van der Waals surface area contributed by atoms with Crippen molar-refractivity contribution in [2.45, 2.75) is 142 Å². The molecule has 17 unspecified atom stereocenters. The molecule has 6 aliphatic rings. The smallest absolute Gasteiger partial charge is 0.310 e. The van der Waals surface area contributed by atoms with Gasteiger partial charge in [-0.05, 0) is 96.7 Å². The Labute approximate surface area is 290 Å². The first-order valence-electron chi connectivity index (χ1n) is 18.7. The van der Waals surface area contributed by atoms with Crippen molar-refractivity contribution >= 4 is 5.97 Å². The van der Waals surface area contributed by atoms with Crippen LogP contribution in [0.3, 0.4) is 0 Å². The highest BCUT2D eigenvalue weighted by molar-refractivity contribution is 5.77. The van der Waals surface area contributed by atoms with Gasteiger partial charge in [-0.25, -0.2) is 0 Å². The number of aliphatic hydroxyl groups excluding tert-OH is 7. The monoisotopic (exact) mass is 694 g/mol. The second-order valence-electron chi connectivity index (χ2n) is 18.3. The van der Waals surface area contributed by atoms with Gasteiger partial charge in [0.15, 0.2) is 6.29 Å². The van der Waals surface area contributed by atoms with Crippen LogP contribution in [0.2, 0.25) is 0 Å². The third-order valence-electron chi connectivity index (χ3n) is 16.3. The van der Waals surface area contributed by atoms with Crippen LogP contribution in [0.25, 0.3) is 0 Å². The molecule has 0 bridgehead atoms. The molecule has 17 atom stereocenters. The number of hydrogen-bond acceptors (Lipinski definition) is 10. The molecule has 1 heterocycles. The number of hydrogen-bond donors (Lipinski definition) is 8. The Morgan fingerprint density at radius 2 is 1.65 bits per heavy atom. The highest BCUT2D eigenvalue weighted by atomic mass is 16.7. The minimum absolute atomic E-state index is 0.0232. The largest absolute Gasteiger partial charge is 0.481 e. The van der Waals surface area contributed by atoms with Crippen LogP contribution in [0, 0.1) is 56.2 Å². The Morgan fingerprint density at radius 3 is 2.27 bits per heavy atom. The van der Waals surface area contributed by atoms with E-state index in [1.54, 1.807) is 0 Å². The average Bonchev–Trinajstić information content (AvgIpc) is 3.05. The molecule has 5 aliphatic carbocycles. The van der Waals surface area contributed by atoms with E-state index in [1.807, 2.05) is 6.92 Å². The van der Waals surface area contributed by atoms with Crippen LogP contribution in [0.4, 0.5) is 0 Å². The van der Waals surface area contributed by atoms with Crippen LogP contribution in [-0.2, 0) is 14.3 Å².